The van der Waals surface area contributed by atoms with Gasteiger partial charge in [-0.2, -0.15) is 0 Å². The number of imidazole rings is 1. The number of rotatable bonds is 3. The fraction of sp³-hybridized carbons (Fsp3) is 0.200. The molecule has 0 saturated carbocycles. The van der Waals surface area contributed by atoms with E-state index in [4.69, 9.17) is 10.5 Å². The molecular formula is C25H24N6O. The van der Waals surface area contributed by atoms with Crippen LogP contribution in [0.1, 0.15) is 16.7 Å². The Hall–Kier alpha value is -3.84. The molecule has 0 aliphatic carbocycles. The molecule has 0 radical (unpaired) electrons. The van der Waals surface area contributed by atoms with Gasteiger partial charge in [0.1, 0.15) is 12.4 Å². The van der Waals surface area contributed by atoms with Gasteiger partial charge in [-0.3, -0.25) is 4.99 Å². The van der Waals surface area contributed by atoms with E-state index in [-0.39, 0.29) is 0 Å². The first-order valence-electron chi connectivity index (χ1n) is 10.8. The molecule has 2 aliphatic rings. The van der Waals surface area contributed by atoms with Crippen molar-refractivity contribution in [2.45, 2.75) is 13.0 Å². The Morgan fingerprint density at radius 3 is 2.91 bits per heavy atom. The molecular weight excluding hydrogens is 400 g/mol. The number of methoxy groups -OCH3 is 1. The van der Waals surface area contributed by atoms with Crippen molar-refractivity contribution in [1.82, 2.24) is 15.3 Å². The molecule has 0 unspecified atom stereocenters. The normalized spacial score (nSPS) is 15.0. The molecule has 0 atom stereocenters. The molecule has 2 aliphatic heterocycles. The van der Waals surface area contributed by atoms with Gasteiger partial charge in [0, 0.05) is 23.9 Å². The number of nitrogens with one attached hydrogen (secondary N) is 2. The number of nitrogen functional groups attached to an aromatic ring is 1. The van der Waals surface area contributed by atoms with Crippen molar-refractivity contribution in [3.63, 3.8) is 0 Å². The number of fused-ring (bicyclic) bond motifs is 3. The van der Waals surface area contributed by atoms with E-state index in [0.717, 1.165) is 64.4 Å². The number of hydrogen-bond acceptors (Lipinski definition) is 6. The van der Waals surface area contributed by atoms with E-state index in [0.29, 0.717) is 12.6 Å². The minimum Gasteiger partial charge on any atom is -0.495 e. The SMILES string of the molecule is COc1cc2c(cc1N1CN=Cc3ccc(-c4cccc5[nH]c(N)nc45)cc31)CNCC2. The Bertz CT molecular complexity index is 1370. The number of anilines is 3. The smallest absolute Gasteiger partial charge is 0.198 e. The number of para-hydroxylation sites is 1. The molecule has 4 aromatic rings. The van der Waals surface area contributed by atoms with Crippen molar-refractivity contribution in [1.29, 1.82) is 0 Å². The van der Waals surface area contributed by atoms with Gasteiger partial charge in [-0.15, -0.1) is 0 Å². The Labute approximate surface area is 185 Å². The van der Waals surface area contributed by atoms with Crippen LogP contribution in [0.4, 0.5) is 17.3 Å². The first-order valence-corrected chi connectivity index (χ1v) is 10.8. The second-order valence-electron chi connectivity index (χ2n) is 8.20. The van der Waals surface area contributed by atoms with Gasteiger partial charge in [0.05, 0.1) is 29.5 Å². The third-order valence-corrected chi connectivity index (χ3v) is 6.30. The molecule has 1 aromatic heterocycles. The van der Waals surface area contributed by atoms with Crippen molar-refractivity contribution in [2.75, 3.05) is 31.0 Å². The van der Waals surface area contributed by atoms with E-state index >= 15 is 0 Å². The van der Waals surface area contributed by atoms with E-state index in [2.05, 4.69) is 61.6 Å². The summed E-state index contributed by atoms with van der Waals surface area (Å²) in [5, 5.41) is 3.47. The Kier molecular flexibility index (Phi) is 4.36. The molecule has 0 spiro atoms. The van der Waals surface area contributed by atoms with Crippen LogP contribution in [0.25, 0.3) is 22.2 Å². The van der Waals surface area contributed by atoms with Gasteiger partial charge >= 0.3 is 0 Å². The van der Waals surface area contributed by atoms with Crippen molar-refractivity contribution >= 4 is 34.6 Å². The highest BCUT2D eigenvalue weighted by atomic mass is 16.5. The lowest BCUT2D eigenvalue weighted by atomic mass is 9.97. The molecule has 0 fully saturated rings. The van der Waals surface area contributed by atoms with Crippen molar-refractivity contribution in [3.05, 3.63) is 65.2 Å². The average molecular weight is 425 g/mol. The van der Waals surface area contributed by atoms with Crippen LogP contribution in [-0.2, 0) is 13.0 Å². The second kappa shape index (κ2) is 7.39. The number of nitrogens with zero attached hydrogens (tertiary/aromatic N) is 3. The molecule has 0 bridgehead atoms. The van der Waals surface area contributed by atoms with Crippen LogP contribution in [0.2, 0.25) is 0 Å². The summed E-state index contributed by atoms with van der Waals surface area (Å²) in [6.07, 6.45) is 2.96. The fourth-order valence-corrected chi connectivity index (χ4v) is 4.71. The topological polar surface area (TPSA) is 91.6 Å². The van der Waals surface area contributed by atoms with Gasteiger partial charge in [0.15, 0.2) is 5.95 Å². The average Bonchev–Trinajstić information content (AvgIpc) is 3.22. The van der Waals surface area contributed by atoms with Gasteiger partial charge in [-0.05, 0) is 53.9 Å². The molecule has 32 heavy (non-hydrogen) atoms. The van der Waals surface area contributed by atoms with Gasteiger partial charge in [0.25, 0.3) is 0 Å². The second-order valence-corrected chi connectivity index (χ2v) is 8.20. The van der Waals surface area contributed by atoms with Crippen LogP contribution in [0.15, 0.2) is 53.5 Å². The largest absolute Gasteiger partial charge is 0.495 e. The van der Waals surface area contributed by atoms with Gasteiger partial charge in [-0.25, -0.2) is 4.98 Å². The van der Waals surface area contributed by atoms with Crippen LogP contribution >= 0.6 is 0 Å². The molecule has 160 valence electrons. The molecule has 6 rings (SSSR count). The zero-order chi connectivity index (χ0) is 21.7. The maximum absolute atomic E-state index is 5.92. The highest BCUT2D eigenvalue weighted by Gasteiger charge is 2.23. The third kappa shape index (κ3) is 3.01. The van der Waals surface area contributed by atoms with E-state index in [9.17, 15) is 0 Å². The van der Waals surface area contributed by atoms with Crippen LogP contribution in [0.3, 0.4) is 0 Å². The lowest BCUT2D eigenvalue weighted by molar-refractivity contribution is 0.414. The lowest BCUT2D eigenvalue weighted by Crippen LogP contribution is -2.26. The summed E-state index contributed by atoms with van der Waals surface area (Å²) < 4.78 is 5.81. The van der Waals surface area contributed by atoms with E-state index in [1.54, 1.807) is 7.11 Å². The number of aromatic amines is 1. The number of aromatic nitrogens is 2. The monoisotopic (exact) mass is 424 g/mol. The Morgan fingerprint density at radius 2 is 2.00 bits per heavy atom. The Morgan fingerprint density at radius 1 is 1.06 bits per heavy atom. The number of nitrogens with two attached hydrogens (primary N) is 1. The van der Waals surface area contributed by atoms with E-state index in [1.807, 2.05) is 18.3 Å². The highest BCUT2D eigenvalue weighted by Crippen LogP contribution is 2.41. The number of benzene rings is 3. The van der Waals surface area contributed by atoms with Crippen molar-refractivity contribution in [2.24, 2.45) is 4.99 Å². The summed E-state index contributed by atoms with van der Waals surface area (Å²) in [5.41, 5.74) is 15.7. The molecule has 3 aromatic carbocycles. The zero-order valence-corrected chi connectivity index (χ0v) is 17.9. The first kappa shape index (κ1) is 18.9. The number of H-pyrrole nitrogens is 1. The van der Waals surface area contributed by atoms with Gasteiger partial charge in [0.2, 0.25) is 0 Å². The molecule has 0 saturated heterocycles. The van der Waals surface area contributed by atoms with Gasteiger partial charge in [-0.1, -0.05) is 24.3 Å². The standard InChI is InChI=1S/C25H24N6O/c1-32-23-11-15-7-8-27-13-18(15)10-22(23)31-14-28-12-17-6-5-16(9-21(17)31)19-3-2-4-20-24(19)30-25(26)29-20/h2-6,9-12,27H,7-8,13-14H2,1H3,(H3,26,29,30). The molecule has 7 heteroatoms. The summed E-state index contributed by atoms with van der Waals surface area (Å²) in [4.78, 5) is 14.5. The summed E-state index contributed by atoms with van der Waals surface area (Å²) in [6.45, 7) is 2.41. The van der Waals surface area contributed by atoms with Crippen LogP contribution < -0.4 is 20.7 Å². The third-order valence-electron chi connectivity index (χ3n) is 6.30. The van der Waals surface area contributed by atoms with Crippen molar-refractivity contribution < 1.29 is 4.74 Å². The predicted octanol–water partition coefficient (Wildman–Crippen LogP) is 3.99. The fourth-order valence-electron chi connectivity index (χ4n) is 4.71. The lowest BCUT2D eigenvalue weighted by Gasteiger charge is -2.31. The zero-order valence-electron chi connectivity index (χ0n) is 17.9. The summed E-state index contributed by atoms with van der Waals surface area (Å²) >= 11 is 0. The Balaban J connectivity index is 1.50. The number of hydrogen-bond donors (Lipinski definition) is 3. The minimum atomic E-state index is 0.423. The van der Waals surface area contributed by atoms with Crippen molar-refractivity contribution in [3.8, 4) is 16.9 Å². The molecule has 0 amide bonds. The maximum Gasteiger partial charge on any atom is 0.198 e. The molecule has 4 N–H and O–H groups in total. The molecule has 7 nitrogen and oxygen atoms in total. The molecule has 3 heterocycles. The summed E-state index contributed by atoms with van der Waals surface area (Å²) in [5.74, 6) is 1.30. The quantitative estimate of drug-likeness (QED) is 0.462. The summed E-state index contributed by atoms with van der Waals surface area (Å²) in [7, 11) is 1.74. The van der Waals surface area contributed by atoms with E-state index < -0.39 is 0 Å². The number of aliphatic imine (C=N–C) groups is 1. The highest BCUT2D eigenvalue weighted by molar-refractivity contribution is 5.98. The van der Waals surface area contributed by atoms with Crippen LogP contribution in [-0.4, -0.2) is 36.5 Å². The first-order chi connectivity index (χ1) is 15.7. The van der Waals surface area contributed by atoms with Gasteiger partial charge < -0.3 is 25.7 Å². The number of ether oxygens (including phenoxy) is 1. The maximum atomic E-state index is 5.92. The van der Waals surface area contributed by atoms with E-state index in [1.165, 1.54) is 11.1 Å². The van der Waals surface area contributed by atoms with Crippen LogP contribution in [0.5, 0.6) is 5.75 Å². The summed E-state index contributed by atoms with van der Waals surface area (Å²) in [6, 6.07) is 16.9. The van der Waals surface area contributed by atoms with Crippen LogP contribution in [0, 0.1) is 0 Å². The predicted molar refractivity (Wildman–Crippen MR) is 129 cm³/mol. The minimum absolute atomic E-state index is 0.423.